The first-order valence-electron chi connectivity index (χ1n) is 8.95. The summed E-state index contributed by atoms with van der Waals surface area (Å²) in [6.07, 6.45) is 1.79. The molecule has 1 aromatic heterocycles. The molecule has 1 fully saturated rings. The van der Waals surface area contributed by atoms with Crippen LogP contribution < -0.4 is 5.32 Å². The summed E-state index contributed by atoms with van der Waals surface area (Å²) >= 11 is 1.54. The predicted octanol–water partition coefficient (Wildman–Crippen LogP) is 2.66. The lowest BCUT2D eigenvalue weighted by Gasteiger charge is -2.22. The summed E-state index contributed by atoms with van der Waals surface area (Å²) in [5, 5.41) is 12.9. The highest BCUT2D eigenvalue weighted by Crippen LogP contribution is 2.12. The van der Waals surface area contributed by atoms with Crippen LogP contribution in [0.1, 0.15) is 28.9 Å². The molecule has 0 unspecified atom stereocenters. The van der Waals surface area contributed by atoms with Crippen LogP contribution in [0, 0.1) is 5.82 Å². The van der Waals surface area contributed by atoms with Gasteiger partial charge in [0.15, 0.2) is 0 Å². The zero-order valence-corrected chi connectivity index (χ0v) is 15.8. The molecule has 1 aliphatic heterocycles. The average molecular weight is 377 g/mol. The Balaban J connectivity index is 1.46. The van der Waals surface area contributed by atoms with Crippen LogP contribution in [0.5, 0.6) is 0 Å². The van der Waals surface area contributed by atoms with Gasteiger partial charge in [0.1, 0.15) is 15.8 Å². The maximum atomic E-state index is 13.0. The van der Waals surface area contributed by atoms with Crippen LogP contribution in [0.15, 0.2) is 24.3 Å². The van der Waals surface area contributed by atoms with E-state index >= 15 is 0 Å². The molecule has 1 aliphatic rings. The molecule has 0 radical (unpaired) electrons. The molecular weight excluding hydrogens is 353 g/mol. The van der Waals surface area contributed by atoms with E-state index in [1.165, 1.54) is 23.5 Å². The van der Waals surface area contributed by atoms with Gasteiger partial charge in [-0.05, 0) is 30.5 Å². The van der Waals surface area contributed by atoms with Gasteiger partial charge in [0.05, 0.1) is 6.54 Å². The normalized spacial score (nSPS) is 15.7. The molecule has 1 aromatic carbocycles. The van der Waals surface area contributed by atoms with Crippen LogP contribution in [0.25, 0.3) is 0 Å². The highest BCUT2D eigenvalue weighted by molar-refractivity contribution is 7.11. The number of hydrogen-bond acceptors (Lipinski definition) is 5. The molecule has 1 N–H and O–H groups in total. The minimum absolute atomic E-state index is 0.0538. The van der Waals surface area contributed by atoms with Gasteiger partial charge in [-0.3, -0.25) is 4.90 Å². The lowest BCUT2D eigenvalue weighted by molar-refractivity contribution is 0.197. The van der Waals surface area contributed by atoms with Crippen LogP contribution in [0.4, 0.5) is 9.18 Å². The number of urea groups is 1. The zero-order chi connectivity index (χ0) is 18.4. The number of carbonyl (C=O) groups is 1. The topological polar surface area (TPSA) is 61.4 Å². The summed E-state index contributed by atoms with van der Waals surface area (Å²) in [5.41, 5.74) is 1.09. The second kappa shape index (κ2) is 9.05. The van der Waals surface area contributed by atoms with Gasteiger partial charge in [-0.25, -0.2) is 9.18 Å². The number of carbonyl (C=O) groups excluding carboxylic acids is 1. The first kappa shape index (κ1) is 18.7. The molecule has 2 heterocycles. The Kier molecular flexibility index (Phi) is 6.51. The van der Waals surface area contributed by atoms with E-state index in [0.717, 1.165) is 54.6 Å². The van der Waals surface area contributed by atoms with Gasteiger partial charge in [0, 0.05) is 32.7 Å². The van der Waals surface area contributed by atoms with Crippen molar-refractivity contribution in [2.45, 2.75) is 32.9 Å². The lowest BCUT2D eigenvalue weighted by atomic mass is 10.2. The molecular formula is C18H24FN5OS. The molecule has 0 atom stereocenters. The van der Waals surface area contributed by atoms with Gasteiger partial charge < -0.3 is 10.2 Å². The maximum absolute atomic E-state index is 13.0. The molecule has 26 heavy (non-hydrogen) atoms. The Labute approximate surface area is 157 Å². The smallest absolute Gasteiger partial charge is 0.317 e. The van der Waals surface area contributed by atoms with Crippen molar-refractivity contribution in [3.05, 3.63) is 45.7 Å². The second-order valence-electron chi connectivity index (χ2n) is 6.35. The molecule has 2 aromatic rings. The number of benzene rings is 1. The van der Waals surface area contributed by atoms with Crippen molar-refractivity contribution >= 4 is 17.4 Å². The Morgan fingerprint density at radius 1 is 1.15 bits per heavy atom. The molecule has 1 saturated heterocycles. The molecule has 2 amide bonds. The van der Waals surface area contributed by atoms with Gasteiger partial charge in [-0.1, -0.05) is 30.4 Å². The van der Waals surface area contributed by atoms with Crippen molar-refractivity contribution in [1.82, 2.24) is 25.3 Å². The fourth-order valence-corrected chi connectivity index (χ4v) is 3.67. The number of aryl methyl sites for hydroxylation is 1. The highest BCUT2D eigenvalue weighted by Gasteiger charge is 2.19. The van der Waals surface area contributed by atoms with E-state index in [2.05, 4.69) is 20.4 Å². The molecule has 0 spiro atoms. The zero-order valence-electron chi connectivity index (χ0n) is 14.9. The third kappa shape index (κ3) is 5.22. The molecule has 8 heteroatoms. The predicted molar refractivity (Wildman–Crippen MR) is 99.4 cm³/mol. The van der Waals surface area contributed by atoms with E-state index in [1.54, 1.807) is 0 Å². The fourth-order valence-electron chi connectivity index (χ4n) is 2.95. The maximum Gasteiger partial charge on any atom is 0.317 e. The van der Waals surface area contributed by atoms with E-state index < -0.39 is 0 Å². The van der Waals surface area contributed by atoms with Gasteiger partial charge in [-0.2, -0.15) is 0 Å². The van der Waals surface area contributed by atoms with E-state index in [4.69, 9.17) is 0 Å². The third-order valence-corrected chi connectivity index (χ3v) is 5.46. The van der Waals surface area contributed by atoms with Crippen LogP contribution in [0.2, 0.25) is 0 Å². The van der Waals surface area contributed by atoms with Crippen molar-refractivity contribution in [2.75, 3.05) is 26.2 Å². The number of aromatic nitrogens is 2. The van der Waals surface area contributed by atoms with Crippen molar-refractivity contribution in [1.29, 1.82) is 0 Å². The monoisotopic (exact) mass is 377 g/mol. The van der Waals surface area contributed by atoms with Gasteiger partial charge in [-0.15, -0.1) is 10.2 Å². The summed E-state index contributed by atoms with van der Waals surface area (Å²) < 4.78 is 13.0. The Morgan fingerprint density at radius 2 is 1.92 bits per heavy atom. The van der Waals surface area contributed by atoms with Gasteiger partial charge >= 0.3 is 6.03 Å². The Morgan fingerprint density at radius 3 is 2.65 bits per heavy atom. The van der Waals surface area contributed by atoms with Crippen LogP contribution in [0.3, 0.4) is 0 Å². The number of nitrogens with one attached hydrogen (secondary N) is 1. The summed E-state index contributed by atoms with van der Waals surface area (Å²) in [4.78, 5) is 16.6. The molecule has 3 rings (SSSR count). The third-order valence-electron chi connectivity index (χ3n) is 4.40. The van der Waals surface area contributed by atoms with Gasteiger partial charge in [0.2, 0.25) is 0 Å². The van der Waals surface area contributed by atoms with Crippen LogP contribution in [-0.4, -0.2) is 52.2 Å². The standard InChI is InChI=1S/C18H24FN5OS/c1-2-16-21-22-17(26-16)12-20-18(25)24-9-3-8-23(10-11-24)13-14-4-6-15(19)7-5-14/h4-7H,2-3,8-13H2,1H3,(H,20,25). The number of nitrogens with zero attached hydrogens (tertiary/aromatic N) is 4. The van der Waals surface area contributed by atoms with E-state index in [-0.39, 0.29) is 11.8 Å². The number of halogens is 1. The number of hydrogen-bond donors (Lipinski definition) is 1. The Bertz CT molecular complexity index is 721. The minimum atomic E-state index is -0.214. The SMILES string of the molecule is CCc1nnc(CNC(=O)N2CCCN(Cc3ccc(F)cc3)CC2)s1. The average Bonchev–Trinajstić information content (AvgIpc) is 2.99. The largest absolute Gasteiger partial charge is 0.331 e. The summed E-state index contributed by atoms with van der Waals surface area (Å²) in [6, 6.07) is 6.56. The minimum Gasteiger partial charge on any atom is -0.331 e. The van der Waals surface area contributed by atoms with Gasteiger partial charge in [0.25, 0.3) is 0 Å². The van der Waals surface area contributed by atoms with Crippen molar-refractivity contribution in [3.63, 3.8) is 0 Å². The Hall–Kier alpha value is -2.06. The van der Waals surface area contributed by atoms with E-state index in [1.807, 2.05) is 24.0 Å². The summed E-state index contributed by atoms with van der Waals surface area (Å²) in [7, 11) is 0. The molecule has 6 nitrogen and oxygen atoms in total. The fraction of sp³-hybridized carbons (Fsp3) is 0.500. The van der Waals surface area contributed by atoms with E-state index in [0.29, 0.717) is 13.1 Å². The molecule has 0 bridgehead atoms. The number of amides is 2. The van der Waals surface area contributed by atoms with Crippen LogP contribution >= 0.6 is 11.3 Å². The number of rotatable bonds is 5. The molecule has 0 aliphatic carbocycles. The van der Waals surface area contributed by atoms with Crippen LogP contribution in [-0.2, 0) is 19.5 Å². The van der Waals surface area contributed by atoms with Crippen molar-refractivity contribution in [3.8, 4) is 0 Å². The summed E-state index contributed by atoms with van der Waals surface area (Å²) in [6.45, 7) is 6.40. The van der Waals surface area contributed by atoms with E-state index in [9.17, 15) is 9.18 Å². The highest BCUT2D eigenvalue weighted by atomic mass is 32.1. The second-order valence-corrected chi connectivity index (χ2v) is 7.49. The molecule has 140 valence electrons. The first-order chi connectivity index (χ1) is 12.6. The van der Waals surface area contributed by atoms with Crippen molar-refractivity contribution in [2.24, 2.45) is 0 Å². The summed E-state index contributed by atoms with van der Waals surface area (Å²) in [5.74, 6) is -0.214. The first-order valence-corrected chi connectivity index (χ1v) is 9.76. The van der Waals surface area contributed by atoms with Crippen molar-refractivity contribution < 1.29 is 9.18 Å². The molecule has 0 saturated carbocycles. The quantitative estimate of drug-likeness (QED) is 0.870. The lowest BCUT2D eigenvalue weighted by Crippen LogP contribution is -2.41.